The van der Waals surface area contributed by atoms with Gasteiger partial charge in [-0.15, -0.1) is 0 Å². The van der Waals surface area contributed by atoms with Crippen LogP contribution in [0.4, 0.5) is 11.4 Å². The van der Waals surface area contributed by atoms with Crippen LogP contribution in [-0.4, -0.2) is 59.5 Å². The standard InChI is InChI=1S/C27H32N2O9/c1-7-37-26(31)20(27(32)38-8-2)16-28-21-13-17(9-11-22(21)34-4)29-25(30)12-10-19-23(35-5)14-18(33-3)15-24(19)36-6/h9-16,28H,7-8H2,1-6H3,(H,29,30)/b12-10+. The lowest BCUT2D eigenvalue weighted by molar-refractivity contribution is -0.146. The van der Waals surface area contributed by atoms with Gasteiger partial charge in [-0.3, -0.25) is 4.79 Å². The average molecular weight is 529 g/mol. The molecule has 11 heteroatoms. The number of nitrogens with one attached hydrogen (secondary N) is 2. The maximum absolute atomic E-state index is 12.7. The Balaban J connectivity index is 2.28. The molecule has 0 heterocycles. The van der Waals surface area contributed by atoms with Gasteiger partial charge in [0.25, 0.3) is 0 Å². The first-order valence-electron chi connectivity index (χ1n) is 11.6. The number of carbonyl (C=O) groups is 3. The molecular formula is C27H32N2O9. The van der Waals surface area contributed by atoms with Crippen LogP contribution in [0.5, 0.6) is 23.0 Å². The van der Waals surface area contributed by atoms with E-state index in [1.807, 2.05) is 0 Å². The van der Waals surface area contributed by atoms with Gasteiger partial charge >= 0.3 is 11.9 Å². The fraction of sp³-hybridized carbons (Fsp3) is 0.296. The fourth-order valence-corrected chi connectivity index (χ4v) is 3.21. The second-order valence-electron chi connectivity index (χ2n) is 7.33. The van der Waals surface area contributed by atoms with Gasteiger partial charge in [-0.2, -0.15) is 0 Å². The molecule has 204 valence electrons. The first kappa shape index (κ1) is 29.6. The maximum Gasteiger partial charge on any atom is 0.347 e. The first-order valence-corrected chi connectivity index (χ1v) is 11.6. The summed E-state index contributed by atoms with van der Waals surface area (Å²) < 4.78 is 31.2. The molecule has 11 nitrogen and oxygen atoms in total. The van der Waals surface area contributed by atoms with Crippen molar-refractivity contribution >= 4 is 35.3 Å². The van der Waals surface area contributed by atoms with Gasteiger partial charge in [-0.1, -0.05) is 0 Å². The third-order valence-corrected chi connectivity index (χ3v) is 4.98. The molecule has 0 aliphatic carbocycles. The molecule has 0 saturated carbocycles. The summed E-state index contributed by atoms with van der Waals surface area (Å²) in [5.74, 6) is -0.238. The van der Waals surface area contributed by atoms with E-state index in [4.69, 9.17) is 28.4 Å². The molecule has 38 heavy (non-hydrogen) atoms. The number of hydrogen-bond acceptors (Lipinski definition) is 10. The molecule has 0 spiro atoms. The molecule has 2 aromatic carbocycles. The number of methoxy groups -OCH3 is 4. The molecular weight excluding hydrogens is 496 g/mol. The van der Waals surface area contributed by atoms with Gasteiger partial charge in [0.15, 0.2) is 5.57 Å². The molecule has 0 fully saturated rings. The highest BCUT2D eigenvalue weighted by molar-refractivity contribution is 6.14. The fourth-order valence-electron chi connectivity index (χ4n) is 3.21. The van der Waals surface area contributed by atoms with E-state index < -0.39 is 17.8 Å². The second kappa shape index (κ2) is 14.8. The van der Waals surface area contributed by atoms with Crippen LogP contribution in [0.25, 0.3) is 6.08 Å². The van der Waals surface area contributed by atoms with E-state index in [0.29, 0.717) is 39.9 Å². The van der Waals surface area contributed by atoms with Crippen molar-refractivity contribution in [3.63, 3.8) is 0 Å². The van der Waals surface area contributed by atoms with E-state index in [2.05, 4.69) is 10.6 Å². The molecule has 2 rings (SSSR count). The lowest BCUT2D eigenvalue weighted by Gasteiger charge is -2.13. The van der Waals surface area contributed by atoms with E-state index in [0.717, 1.165) is 0 Å². The molecule has 0 bridgehead atoms. The molecule has 0 aliphatic heterocycles. The summed E-state index contributed by atoms with van der Waals surface area (Å²) >= 11 is 0. The molecule has 0 aromatic heterocycles. The number of benzene rings is 2. The third kappa shape index (κ3) is 7.92. The summed E-state index contributed by atoms with van der Waals surface area (Å²) in [6, 6.07) is 8.17. The Labute approximate surface area is 221 Å². The van der Waals surface area contributed by atoms with Crippen molar-refractivity contribution < 1.29 is 42.8 Å². The molecule has 0 saturated heterocycles. The Hall–Kier alpha value is -4.67. The number of hydrogen-bond donors (Lipinski definition) is 2. The molecule has 0 atom stereocenters. The third-order valence-electron chi connectivity index (χ3n) is 4.98. The minimum atomic E-state index is -0.837. The Kier molecular flexibility index (Phi) is 11.5. The second-order valence-corrected chi connectivity index (χ2v) is 7.33. The van der Waals surface area contributed by atoms with Crippen molar-refractivity contribution in [1.82, 2.24) is 0 Å². The SMILES string of the molecule is CCOC(=O)C(=CNc1cc(NC(=O)/C=C/c2c(OC)cc(OC)cc2OC)ccc1OC)C(=O)OCC. The summed E-state index contributed by atoms with van der Waals surface area (Å²) in [5, 5.41) is 5.60. The summed E-state index contributed by atoms with van der Waals surface area (Å²) in [6.45, 7) is 3.42. The highest BCUT2D eigenvalue weighted by Gasteiger charge is 2.21. The molecule has 0 radical (unpaired) electrons. The topological polar surface area (TPSA) is 131 Å². The van der Waals surface area contributed by atoms with Crippen LogP contribution >= 0.6 is 0 Å². The minimum Gasteiger partial charge on any atom is -0.496 e. The Morgan fingerprint density at radius 3 is 1.87 bits per heavy atom. The van der Waals surface area contributed by atoms with E-state index in [-0.39, 0.29) is 18.8 Å². The van der Waals surface area contributed by atoms with Gasteiger partial charge in [0.1, 0.15) is 23.0 Å². The summed E-state index contributed by atoms with van der Waals surface area (Å²) in [6.07, 6.45) is 4.05. The smallest absolute Gasteiger partial charge is 0.347 e. The molecule has 0 unspecified atom stereocenters. The zero-order valence-corrected chi connectivity index (χ0v) is 22.2. The van der Waals surface area contributed by atoms with Crippen LogP contribution in [-0.2, 0) is 23.9 Å². The monoisotopic (exact) mass is 528 g/mol. The Morgan fingerprint density at radius 1 is 0.789 bits per heavy atom. The summed E-state index contributed by atoms with van der Waals surface area (Å²) in [4.78, 5) is 37.1. The Morgan fingerprint density at radius 2 is 1.37 bits per heavy atom. The van der Waals surface area contributed by atoms with Crippen LogP contribution in [0.3, 0.4) is 0 Å². The minimum absolute atomic E-state index is 0.0855. The lowest BCUT2D eigenvalue weighted by Crippen LogP contribution is -2.19. The van der Waals surface area contributed by atoms with Gasteiger partial charge in [0, 0.05) is 30.1 Å². The first-order chi connectivity index (χ1) is 18.3. The van der Waals surface area contributed by atoms with Crippen molar-refractivity contribution in [1.29, 1.82) is 0 Å². The maximum atomic E-state index is 12.7. The predicted octanol–water partition coefficient (Wildman–Crippen LogP) is 3.79. The normalized spacial score (nSPS) is 10.3. The van der Waals surface area contributed by atoms with E-state index in [1.54, 1.807) is 50.3 Å². The molecule has 2 aromatic rings. The van der Waals surface area contributed by atoms with Gasteiger partial charge in [0.05, 0.1) is 52.9 Å². The van der Waals surface area contributed by atoms with Crippen LogP contribution in [0, 0.1) is 0 Å². The van der Waals surface area contributed by atoms with Gasteiger partial charge in [-0.25, -0.2) is 9.59 Å². The largest absolute Gasteiger partial charge is 0.496 e. The lowest BCUT2D eigenvalue weighted by atomic mass is 10.1. The van der Waals surface area contributed by atoms with E-state index in [1.165, 1.54) is 40.7 Å². The van der Waals surface area contributed by atoms with Crippen LogP contribution in [0.1, 0.15) is 19.4 Å². The van der Waals surface area contributed by atoms with Crippen molar-refractivity contribution in [3.05, 3.63) is 53.7 Å². The van der Waals surface area contributed by atoms with Crippen LogP contribution < -0.4 is 29.6 Å². The Bertz CT molecular complexity index is 1160. The van der Waals surface area contributed by atoms with Gasteiger partial charge < -0.3 is 39.1 Å². The molecule has 1 amide bonds. The van der Waals surface area contributed by atoms with E-state index in [9.17, 15) is 14.4 Å². The van der Waals surface area contributed by atoms with E-state index >= 15 is 0 Å². The number of anilines is 2. The number of rotatable bonds is 13. The zero-order chi connectivity index (χ0) is 28.1. The number of ether oxygens (including phenoxy) is 6. The van der Waals surface area contributed by atoms with Gasteiger partial charge in [0.2, 0.25) is 5.91 Å². The molecule has 0 aliphatic rings. The zero-order valence-electron chi connectivity index (χ0n) is 22.2. The van der Waals surface area contributed by atoms with Crippen LogP contribution in [0.15, 0.2) is 48.2 Å². The highest BCUT2D eigenvalue weighted by Crippen LogP contribution is 2.35. The number of carbonyl (C=O) groups excluding carboxylic acids is 3. The summed E-state index contributed by atoms with van der Waals surface area (Å²) in [7, 11) is 5.99. The number of amides is 1. The average Bonchev–Trinajstić information content (AvgIpc) is 2.91. The highest BCUT2D eigenvalue weighted by atomic mass is 16.6. The summed E-state index contributed by atoms with van der Waals surface area (Å²) in [5.41, 5.74) is 1.02. The quantitative estimate of drug-likeness (QED) is 0.171. The van der Waals surface area contributed by atoms with Gasteiger partial charge in [-0.05, 0) is 38.1 Å². The number of esters is 2. The predicted molar refractivity (Wildman–Crippen MR) is 142 cm³/mol. The van der Waals surface area contributed by atoms with Crippen molar-refractivity contribution in [2.75, 3.05) is 52.3 Å². The van der Waals surface area contributed by atoms with Crippen molar-refractivity contribution in [2.45, 2.75) is 13.8 Å². The van der Waals surface area contributed by atoms with Crippen molar-refractivity contribution in [2.24, 2.45) is 0 Å². The van der Waals surface area contributed by atoms with Crippen LogP contribution in [0.2, 0.25) is 0 Å². The van der Waals surface area contributed by atoms with Crippen molar-refractivity contribution in [3.8, 4) is 23.0 Å². The molecule has 2 N–H and O–H groups in total.